The van der Waals surface area contributed by atoms with Gasteiger partial charge in [-0.3, -0.25) is 4.79 Å². The molecule has 4 heteroatoms. The summed E-state index contributed by atoms with van der Waals surface area (Å²) in [6.45, 7) is 0.232. The Labute approximate surface area is 119 Å². The van der Waals surface area contributed by atoms with Gasteiger partial charge in [-0.1, -0.05) is 46.3 Å². The maximum Gasteiger partial charge on any atom is 0.310 e. The Morgan fingerprint density at radius 3 is 2.53 bits per heavy atom. The lowest BCUT2D eigenvalue weighted by Gasteiger charge is -2.05. The van der Waals surface area contributed by atoms with E-state index >= 15 is 0 Å². The molecule has 0 radical (unpaired) electrons. The number of ether oxygens (including phenoxy) is 1. The smallest absolute Gasteiger partial charge is 0.310 e. The Morgan fingerprint density at radius 2 is 1.84 bits per heavy atom. The summed E-state index contributed by atoms with van der Waals surface area (Å²) in [5.41, 5.74) is 1.52. The molecule has 98 valence electrons. The zero-order valence-electron chi connectivity index (χ0n) is 10.1. The van der Waals surface area contributed by atoms with Crippen molar-refractivity contribution in [3.63, 3.8) is 0 Å². The van der Waals surface area contributed by atoms with Gasteiger partial charge in [0, 0.05) is 4.47 Å². The molecule has 0 fully saturated rings. The van der Waals surface area contributed by atoms with E-state index in [-0.39, 0.29) is 24.8 Å². The molecule has 0 atom stereocenters. The molecule has 0 amide bonds. The van der Waals surface area contributed by atoms with Crippen molar-refractivity contribution in [2.24, 2.45) is 0 Å². The van der Waals surface area contributed by atoms with Crippen LogP contribution in [0.15, 0.2) is 53.0 Å². The predicted molar refractivity (Wildman–Crippen MR) is 74.0 cm³/mol. The first-order valence-electron chi connectivity index (χ1n) is 5.78. The molecule has 2 aromatic rings. The molecule has 0 saturated heterocycles. The van der Waals surface area contributed by atoms with Crippen molar-refractivity contribution in [2.45, 2.75) is 13.0 Å². The molecule has 0 aliphatic carbocycles. The van der Waals surface area contributed by atoms with Gasteiger partial charge in [-0.25, -0.2) is 4.39 Å². The molecule has 0 spiro atoms. The summed E-state index contributed by atoms with van der Waals surface area (Å²) in [6.07, 6.45) is 0.0587. The summed E-state index contributed by atoms with van der Waals surface area (Å²) < 4.78 is 18.9. The van der Waals surface area contributed by atoms with Crippen LogP contribution in [0.5, 0.6) is 0 Å². The summed E-state index contributed by atoms with van der Waals surface area (Å²) in [5.74, 6) is -0.749. The van der Waals surface area contributed by atoms with E-state index in [1.807, 2.05) is 30.3 Å². The molecular formula is C15H12BrFO2. The molecule has 0 heterocycles. The number of halogens is 2. The molecule has 0 N–H and O–H groups in total. The number of benzene rings is 2. The highest BCUT2D eigenvalue weighted by Gasteiger charge is 2.07. The maximum atomic E-state index is 13.1. The van der Waals surface area contributed by atoms with Gasteiger partial charge in [-0.05, 0) is 29.3 Å². The van der Waals surface area contributed by atoms with Crippen LogP contribution in [0.3, 0.4) is 0 Å². The van der Waals surface area contributed by atoms with Crippen molar-refractivity contribution < 1.29 is 13.9 Å². The molecule has 0 bridgehead atoms. The van der Waals surface area contributed by atoms with Crippen LogP contribution in [0.1, 0.15) is 11.1 Å². The number of hydrogen-bond donors (Lipinski definition) is 0. The van der Waals surface area contributed by atoms with Crippen LogP contribution < -0.4 is 0 Å². The number of esters is 1. The van der Waals surface area contributed by atoms with Crippen molar-refractivity contribution in [1.29, 1.82) is 0 Å². The summed E-state index contributed by atoms with van der Waals surface area (Å²) in [5, 5.41) is 0. The van der Waals surface area contributed by atoms with Crippen LogP contribution in [0.4, 0.5) is 4.39 Å². The van der Waals surface area contributed by atoms with Crippen LogP contribution in [0, 0.1) is 5.82 Å². The normalized spacial score (nSPS) is 10.2. The van der Waals surface area contributed by atoms with Crippen molar-refractivity contribution in [1.82, 2.24) is 0 Å². The highest BCUT2D eigenvalue weighted by atomic mass is 79.9. The van der Waals surface area contributed by atoms with E-state index in [1.165, 1.54) is 12.1 Å². The third-order valence-electron chi connectivity index (χ3n) is 2.51. The Hall–Kier alpha value is -1.68. The Bertz CT molecular complexity index is 549. The van der Waals surface area contributed by atoms with Crippen LogP contribution >= 0.6 is 15.9 Å². The Morgan fingerprint density at radius 1 is 1.11 bits per heavy atom. The van der Waals surface area contributed by atoms with Crippen molar-refractivity contribution in [3.05, 3.63) is 69.9 Å². The summed E-state index contributed by atoms with van der Waals surface area (Å²) in [4.78, 5) is 11.6. The van der Waals surface area contributed by atoms with Gasteiger partial charge in [0.2, 0.25) is 0 Å². The van der Waals surface area contributed by atoms with Gasteiger partial charge in [0.05, 0.1) is 6.42 Å². The van der Waals surface area contributed by atoms with Crippen LogP contribution in [0.25, 0.3) is 0 Å². The van der Waals surface area contributed by atoms with Gasteiger partial charge in [-0.15, -0.1) is 0 Å². The average Bonchev–Trinajstić information content (AvgIpc) is 2.36. The lowest BCUT2D eigenvalue weighted by molar-refractivity contribution is -0.144. The zero-order chi connectivity index (χ0) is 13.7. The minimum absolute atomic E-state index is 0.0587. The third kappa shape index (κ3) is 4.48. The highest BCUT2D eigenvalue weighted by molar-refractivity contribution is 9.10. The van der Waals surface area contributed by atoms with Gasteiger partial charge < -0.3 is 4.74 Å². The van der Waals surface area contributed by atoms with Crippen molar-refractivity contribution >= 4 is 21.9 Å². The molecule has 0 aliphatic rings. The second-order valence-corrected chi connectivity index (χ2v) is 5.02. The van der Waals surface area contributed by atoms with Crippen LogP contribution in [-0.2, 0) is 22.6 Å². The number of carbonyl (C=O) groups excluding carboxylic acids is 1. The molecule has 0 aromatic heterocycles. The minimum atomic E-state index is -0.375. The average molecular weight is 323 g/mol. The van der Waals surface area contributed by atoms with Crippen molar-refractivity contribution in [2.75, 3.05) is 0 Å². The molecule has 19 heavy (non-hydrogen) atoms. The van der Waals surface area contributed by atoms with Gasteiger partial charge in [0.1, 0.15) is 12.4 Å². The minimum Gasteiger partial charge on any atom is -0.461 e. The largest absolute Gasteiger partial charge is 0.461 e. The first-order valence-corrected chi connectivity index (χ1v) is 6.57. The van der Waals surface area contributed by atoms with E-state index in [0.29, 0.717) is 10.0 Å². The molecule has 2 nitrogen and oxygen atoms in total. The quantitative estimate of drug-likeness (QED) is 0.799. The van der Waals surface area contributed by atoms with Gasteiger partial charge in [0.15, 0.2) is 0 Å². The number of rotatable bonds is 4. The fraction of sp³-hybridized carbons (Fsp3) is 0.133. The van der Waals surface area contributed by atoms with E-state index in [1.54, 1.807) is 6.07 Å². The molecule has 2 rings (SSSR count). The second kappa shape index (κ2) is 6.48. The molecule has 0 saturated carbocycles. The van der Waals surface area contributed by atoms with Crippen LogP contribution in [-0.4, -0.2) is 5.97 Å². The fourth-order valence-electron chi connectivity index (χ4n) is 1.67. The van der Waals surface area contributed by atoms with Gasteiger partial charge in [-0.2, -0.15) is 0 Å². The lowest BCUT2D eigenvalue weighted by atomic mass is 10.1. The number of hydrogen-bond acceptors (Lipinski definition) is 2. The molecular weight excluding hydrogens is 311 g/mol. The molecule has 0 unspecified atom stereocenters. The second-order valence-electron chi connectivity index (χ2n) is 4.10. The fourth-order valence-corrected chi connectivity index (χ4v) is 2.18. The maximum absolute atomic E-state index is 13.1. The molecule has 2 aromatic carbocycles. The standard InChI is InChI=1S/C15H12BrFO2/c16-13-6-12(7-14(17)9-13)8-15(18)19-10-11-4-2-1-3-5-11/h1-7,9H,8,10H2. The first-order chi connectivity index (χ1) is 9.13. The lowest BCUT2D eigenvalue weighted by Crippen LogP contribution is -2.08. The Kier molecular flexibility index (Phi) is 4.68. The Balaban J connectivity index is 1.91. The summed E-state index contributed by atoms with van der Waals surface area (Å²) in [6, 6.07) is 13.8. The third-order valence-corrected chi connectivity index (χ3v) is 2.97. The monoisotopic (exact) mass is 322 g/mol. The van der Waals surface area contributed by atoms with Gasteiger partial charge >= 0.3 is 5.97 Å². The van der Waals surface area contributed by atoms with E-state index in [2.05, 4.69) is 15.9 Å². The predicted octanol–water partition coefficient (Wildman–Crippen LogP) is 3.87. The molecule has 0 aliphatic heterocycles. The zero-order valence-corrected chi connectivity index (χ0v) is 11.7. The van der Waals surface area contributed by atoms with Gasteiger partial charge in [0.25, 0.3) is 0 Å². The number of carbonyl (C=O) groups is 1. The van der Waals surface area contributed by atoms with E-state index in [9.17, 15) is 9.18 Å². The summed E-state index contributed by atoms with van der Waals surface area (Å²) in [7, 11) is 0. The van der Waals surface area contributed by atoms with Crippen LogP contribution in [0.2, 0.25) is 0 Å². The van der Waals surface area contributed by atoms with E-state index in [0.717, 1.165) is 5.56 Å². The SMILES string of the molecule is O=C(Cc1cc(F)cc(Br)c1)OCc1ccccc1. The van der Waals surface area contributed by atoms with Crippen molar-refractivity contribution in [3.8, 4) is 0 Å². The highest BCUT2D eigenvalue weighted by Crippen LogP contribution is 2.15. The first kappa shape index (κ1) is 13.7. The summed E-state index contributed by atoms with van der Waals surface area (Å²) >= 11 is 3.19. The van der Waals surface area contributed by atoms with E-state index in [4.69, 9.17) is 4.74 Å². The van der Waals surface area contributed by atoms with E-state index < -0.39 is 0 Å². The topological polar surface area (TPSA) is 26.3 Å².